The molecule has 0 aliphatic rings. The topological polar surface area (TPSA) is 104 Å². The number of hydrogen-bond donors (Lipinski definition) is 3. The lowest BCUT2D eigenvalue weighted by Gasteiger charge is -2.05. The molecular weight excluding hydrogens is 312 g/mol. The van der Waals surface area contributed by atoms with Crippen LogP contribution in [0.3, 0.4) is 0 Å². The fourth-order valence-corrected chi connectivity index (χ4v) is 1.78. The number of rotatable bonds is 5. The van der Waals surface area contributed by atoms with Crippen LogP contribution >= 0.6 is 0 Å². The monoisotopic (exact) mass is 326 g/mol. The molecule has 24 heavy (non-hydrogen) atoms. The van der Waals surface area contributed by atoms with Crippen LogP contribution in [0.15, 0.2) is 54.6 Å². The molecule has 6 nitrogen and oxygen atoms in total. The van der Waals surface area contributed by atoms with Gasteiger partial charge in [-0.3, -0.25) is 0 Å². The highest BCUT2D eigenvalue weighted by molar-refractivity contribution is 5.89. The average molecular weight is 326 g/mol. The molecule has 2 aromatic carbocycles. The number of esters is 1. The highest BCUT2D eigenvalue weighted by Gasteiger charge is 2.07. The molecule has 0 saturated heterocycles. The molecule has 0 fully saturated rings. The van der Waals surface area contributed by atoms with Crippen LogP contribution in [0.25, 0.3) is 12.2 Å². The molecule has 0 amide bonds. The van der Waals surface area contributed by atoms with E-state index < -0.39 is 11.9 Å². The zero-order valence-electron chi connectivity index (χ0n) is 12.4. The van der Waals surface area contributed by atoms with Crippen molar-refractivity contribution in [3.05, 3.63) is 65.7 Å². The number of phenolic OH excluding ortho intramolecular Hbond substituents is 2. The van der Waals surface area contributed by atoms with Crippen LogP contribution in [-0.4, -0.2) is 27.3 Å². The zero-order valence-corrected chi connectivity index (χ0v) is 12.4. The van der Waals surface area contributed by atoms with Gasteiger partial charge >= 0.3 is 11.9 Å². The molecule has 0 radical (unpaired) electrons. The van der Waals surface area contributed by atoms with Crippen molar-refractivity contribution in [2.24, 2.45) is 0 Å². The number of carbonyl (C=O) groups excluding carboxylic acids is 1. The fraction of sp³-hybridized carbons (Fsp3) is 0. The van der Waals surface area contributed by atoms with Gasteiger partial charge in [-0.1, -0.05) is 18.2 Å². The summed E-state index contributed by atoms with van der Waals surface area (Å²) in [5, 5.41) is 27.5. The van der Waals surface area contributed by atoms with Crippen LogP contribution in [0.1, 0.15) is 11.1 Å². The van der Waals surface area contributed by atoms with E-state index in [1.54, 1.807) is 12.1 Å². The first-order chi connectivity index (χ1) is 11.4. The van der Waals surface area contributed by atoms with Crippen LogP contribution in [-0.2, 0) is 9.59 Å². The standard InChI is InChI=1S/C18H14O6/c19-14-6-1-12(2-7-14)5-10-18(23)24-16-11-13(3-8-15(16)20)4-9-17(21)22/h1-11,19-20H,(H,21,22). The summed E-state index contributed by atoms with van der Waals surface area (Å²) in [4.78, 5) is 22.3. The van der Waals surface area contributed by atoms with Crippen LogP contribution < -0.4 is 4.74 Å². The number of phenols is 2. The van der Waals surface area contributed by atoms with Crippen molar-refractivity contribution in [2.75, 3.05) is 0 Å². The largest absolute Gasteiger partial charge is 0.508 e. The van der Waals surface area contributed by atoms with E-state index in [9.17, 15) is 19.8 Å². The maximum absolute atomic E-state index is 11.8. The quantitative estimate of drug-likeness (QED) is 0.443. The molecule has 2 aromatic rings. The predicted molar refractivity (Wildman–Crippen MR) is 87.6 cm³/mol. The Morgan fingerprint density at radius 3 is 2.17 bits per heavy atom. The summed E-state index contributed by atoms with van der Waals surface area (Å²) in [6, 6.07) is 10.3. The molecule has 0 heterocycles. The van der Waals surface area contributed by atoms with Gasteiger partial charge in [0, 0.05) is 12.2 Å². The third-order valence-electron chi connectivity index (χ3n) is 2.92. The van der Waals surface area contributed by atoms with Crippen molar-refractivity contribution in [3.8, 4) is 17.2 Å². The van der Waals surface area contributed by atoms with Gasteiger partial charge in [-0.05, 0) is 47.5 Å². The minimum atomic E-state index is -1.11. The van der Waals surface area contributed by atoms with E-state index in [-0.39, 0.29) is 17.2 Å². The van der Waals surface area contributed by atoms with Gasteiger partial charge in [0.25, 0.3) is 0 Å². The summed E-state index contributed by atoms with van der Waals surface area (Å²) < 4.78 is 5.03. The summed E-state index contributed by atoms with van der Waals surface area (Å²) in [7, 11) is 0. The van der Waals surface area contributed by atoms with Crippen LogP contribution in [0.4, 0.5) is 0 Å². The lowest BCUT2D eigenvalue weighted by atomic mass is 10.2. The average Bonchev–Trinajstić information content (AvgIpc) is 2.55. The molecule has 0 spiro atoms. The van der Waals surface area contributed by atoms with E-state index in [2.05, 4.69) is 0 Å². The lowest BCUT2D eigenvalue weighted by molar-refractivity contribution is -0.131. The first kappa shape index (κ1) is 16.8. The van der Waals surface area contributed by atoms with Gasteiger partial charge in [0.1, 0.15) is 5.75 Å². The minimum Gasteiger partial charge on any atom is -0.508 e. The highest BCUT2D eigenvalue weighted by atomic mass is 16.5. The van der Waals surface area contributed by atoms with Crippen molar-refractivity contribution in [2.45, 2.75) is 0 Å². The van der Waals surface area contributed by atoms with E-state index >= 15 is 0 Å². The van der Waals surface area contributed by atoms with Gasteiger partial charge in [-0.2, -0.15) is 0 Å². The number of aliphatic carboxylic acids is 1. The molecule has 122 valence electrons. The predicted octanol–water partition coefficient (Wildman–Crippen LogP) is 2.81. The van der Waals surface area contributed by atoms with Gasteiger partial charge in [0.2, 0.25) is 0 Å². The number of hydrogen-bond acceptors (Lipinski definition) is 5. The Balaban J connectivity index is 2.09. The van der Waals surface area contributed by atoms with Crippen molar-refractivity contribution in [1.29, 1.82) is 0 Å². The van der Waals surface area contributed by atoms with Gasteiger partial charge in [0.15, 0.2) is 11.5 Å². The summed E-state index contributed by atoms with van der Waals surface area (Å²) in [5.41, 5.74) is 1.15. The third-order valence-corrected chi connectivity index (χ3v) is 2.92. The second-order valence-electron chi connectivity index (χ2n) is 4.74. The molecule has 0 atom stereocenters. The SMILES string of the molecule is O=C(O)C=Cc1ccc(O)c(OC(=O)C=Cc2ccc(O)cc2)c1. The number of benzene rings is 2. The van der Waals surface area contributed by atoms with Crippen molar-refractivity contribution >= 4 is 24.1 Å². The second kappa shape index (κ2) is 7.64. The van der Waals surface area contributed by atoms with Gasteiger partial charge in [-0.15, -0.1) is 0 Å². The fourth-order valence-electron chi connectivity index (χ4n) is 1.78. The van der Waals surface area contributed by atoms with Crippen LogP contribution in [0.5, 0.6) is 17.2 Å². The highest BCUT2D eigenvalue weighted by Crippen LogP contribution is 2.27. The Kier molecular flexibility index (Phi) is 5.36. The molecular formula is C18H14O6. The van der Waals surface area contributed by atoms with Gasteiger partial charge in [-0.25, -0.2) is 9.59 Å². The molecule has 0 bridgehead atoms. The van der Waals surface area contributed by atoms with E-state index in [0.29, 0.717) is 11.1 Å². The normalized spacial score (nSPS) is 11.0. The van der Waals surface area contributed by atoms with E-state index in [0.717, 1.165) is 6.08 Å². The zero-order chi connectivity index (χ0) is 17.5. The first-order valence-electron chi connectivity index (χ1n) is 6.87. The van der Waals surface area contributed by atoms with E-state index in [1.165, 1.54) is 48.6 Å². The minimum absolute atomic E-state index is 0.0807. The molecule has 0 unspecified atom stereocenters. The van der Waals surface area contributed by atoms with E-state index in [1.807, 2.05) is 0 Å². The van der Waals surface area contributed by atoms with Gasteiger partial charge < -0.3 is 20.1 Å². The molecule has 0 aliphatic carbocycles. The molecule has 0 saturated carbocycles. The number of aromatic hydroxyl groups is 2. The molecule has 3 N–H and O–H groups in total. The maximum atomic E-state index is 11.8. The van der Waals surface area contributed by atoms with Crippen molar-refractivity contribution in [3.63, 3.8) is 0 Å². The van der Waals surface area contributed by atoms with Gasteiger partial charge in [0.05, 0.1) is 0 Å². The lowest BCUT2D eigenvalue weighted by Crippen LogP contribution is -2.04. The number of carboxylic acid groups (broad SMARTS) is 1. The summed E-state index contributed by atoms with van der Waals surface area (Å²) in [6.45, 7) is 0. The smallest absolute Gasteiger partial charge is 0.336 e. The summed E-state index contributed by atoms with van der Waals surface area (Å²) in [6.07, 6.45) is 4.91. The molecule has 0 aliphatic heterocycles. The summed E-state index contributed by atoms with van der Waals surface area (Å²) >= 11 is 0. The Bertz CT molecular complexity index is 803. The van der Waals surface area contributed by atoms with Crippen LogP contribution in [0, 0.1) is 0 Å². The van der Waals surface area contributed by atoms with Crippen molar-refractivity contribution < 1.29 is 29.6 Å². The Hall–Kier alpha value is -3.54. The number of carboxylic acids is 1. The Morgan fingerprint density at radius 2 is 1.50 bits per heavy atom. The first-order valence-corrected chi connectivity index (χ1v) is 6.87. The Morgan fingerprint density at radius 1 is 0.875 bits per heavy atom. The van der Waals surface area contributed by atoms with Crippen molar-refractivity contribution in [1.82, 2.24) is 0 Å². The van der Waals surface area contributed by atoms with Crippen LogP contribution in [0.2, 0.25) is 0 Å². The number of ether oxygens (including phenoxy) is 1. The molecule has 0 aromatic heterocycles. The molecule has 2 rings (SSSR count). The maximum Gasteiger partial charge on any atom is 0.336 e. The second-order valence-corrected chi connectivity index (χ2v) is 4.74. The summed E-state index contributed by atoms with van der Waals surface area (Å²) in [5.74, 6) is -2.03. The number of carbonyl (C=O) groups is 2. The molecule has 6 heteroatoms. The third kappa shape index (κ3) is 5.03. The Labute approximate surface area is 137 Å². The van der Waals surface area contributed by atoms with E-state index in [4.69, 9.17) is 9.84 Å².